The summed E-state index contributed by atoms with van der Waals surface area (Å²) in [4.78, 5) is 26.4. The van der Waals surface area contributed by atoms with Gasteiger partial charge in [-0.15, -0.1) is 0 Å². The van der Waals surface area contributed by atoms with Crippen LogP contribution in [0.1, 0.15) is 32.6 Å². The Hall–Kier alpha value is -1.56. The predicted molar refractivity (Wildman–Crippen MR) is 94.7 cm³/mol. The molecule has 1 heterocycles. The maximum Gasteiger partial charge on any atom is 0.263 e. The average Bonchev–Trinajstić information content (AvgIpc) is 3.40. The first kappa shape index (κ1) is 17.3. The molecule has 24 heavy (non-hydrogen) atoms. The molecule has 1 unspecified atom stereocenters. The van der Waals surface area contributed by atoms with Crippen LogP contribution < -0.4 is 10.1 Å². The highest BCUT2D eigenvalue weighted by Gasteiger charge is 2.32. The molecule has 1 aromatic carbocycles. The van der Waals surface area contributed by atoms with E-state index in [1.165, 1.54) is 0 Å². The molecular formula is C18H23BrN2O3. The van der Waals surface area contributed by atoms with Crippen LogP contribution in [0.5, 0.6) is 5.75 Å². The second kappa shape index (κ2) is 7.55. The van der Waals surface area contributed by atoms with Crippen LogP contribution in [-0.4, -0.2) is 41.9 Å². The second-order valence-corrected chi connectivity index (χ2v) is 7.51. The summed E-state index contributed by atoms with van der Waals surface area (Å²) in [6.07, 6.45) is 3.15. The molecule has 130 valence electrons. The van der Waals surface area contributed by atoms with Gasteiger partial charge in [-0.2, -0.15) is 0 Å². The fourth-order valence-electron chi connectivity index (χ4n) is 2.93. The third-order valence-corrected chi connectivity index (χ3v) is 5.10. The van der Waals surface area contributed by atoms with E-state index in [4.69, 9.17) is 4.74 Å². The molecule has 2 fully saturated rings. The Morgan fingerprint density at radius 2 is 1.79 bits per heavy atom. The molecule has 1 atom stereocenters. The first-order chi connectivity index (χ1) is 11.5. The Kier molecular flexibility index (Phi) is 5.43. The van der Waals surface area contributed by atoms with Crippen molar-refractivity contribution in [3.63, 3.8) is 0 Å². The number of hydrogen-bond donors (Lipinski definition) is 1. The zero-order valence-corrected chi connectivity index (χ0v) is 15.4. The van der Waals surface area contributed by atoms with Crippen LogP contribution in [0.15, 0.2) is 28.7 Å². The minimum atomic E-state index is -0.525. The van der Waals surface area contributed by atoms with Gasteiger partial charge in [0.25, 0.3) is 5.91 Å². The summed E-state index contributed by atoms with van der Waals surface area (Å²) in [5.41, 5.74) is 0. The van der Waals surface area contributed by atoms with Gasteiger partial charge in [0, 0.05) is 29.5 Å². The highest BCUT2D eigenvalue weighted by molar-refractivity contribution is 9.10. The van der Waals surface area contributed by atoms with Gasteiger partial charge in [0.1, 0.15) is 5.75 Å². The zero-order chi connectivity index (χ0) is 17.1. The molecule has 5 nitrogen and oxygen atoms in total. The van der Waals surface area contributed by atoms with Crippen LogP contribution in [0.3, 0.4) is 0 Å². The van der Waals surface area contributed by atoms with E-state index in [-0.39, 0.29) is 17.7 Å². The summed E-state index contributed by atoms with van der Waals surface area (Å²) in [5, 5.41) is 3.06. The van der Waals surface area contributed by atoms with Gasteiger partial charge in [0.2, 0.25) is 5.91 Å². The lowest BCUT2D eigenvalue weighted by Gasteiger charge is -2.33. The fraction of sp³-hybridized carbons (Fsp3) is 0.556. The van der Waals surface area contributed by atoms with E-state index in [2.05, 4.69) is 21.2 Å². The number of carbonyl (C=O) groups excluding carboxylic acids is 2. The first-order valence-corrected chi connectivity index (χ1v) is 9.33. The number of piperidine rings is 1. The third kappa shape index (κ3) is 4.50. The number of ether oxygens (including phenoxy) is 1. The summed E-state index contributed by atoms with van der Waals surface area (Å²) in [5.74, 6) is 0.859. The SMILES string of the molecule is CC(Oc1ccc(Br)cc1)C(=O)N1CCC(C(=O)NC2CC2)CC1. The van der Waals surface area contributed by atoms with Gasteiger partial charge in [-0.3, -0.25) is 9.59 Å². The minimum Gasteiger partial charge on any atom is -0.481 e. The predicted octanol–water partition coefficient (Wildman–Crippen LogP) is 2.73. The van der Waals surface area contributed by atoms with Crippen LogP contribution in [0, 0.1) is 5.92 Å². The molecule has 2 amide bonds. The lowest BCUT2D eigenvalue weighted by molar-refractivity contribution is -0.141. The van der Waals surface area contributed by atoms with E-state index < -0.39 is 6.10 Å². The number of amides is 2. The number of rotatable bonds is 5. The number of nitrogens with one attached hydrogen (secondary N) is 1. The smallest absolute Gasteiger partial charge is 0.263 e. The topological polar surface area (TPSA) is 58.6 Å². The van der Waals surface area contributed by atoms with E-state index in [1.54, 1.807) is 6.92 Å². The van der Waals surface area contributed by atoms with Crippen molar-refractivity contribution in [2.45, 2.75) is 44.8 Å². The standard InChI is InChI=1S/C18H23BrN2O3/c1-12(24-16-6-2-14(19)3-7-16)18(23)21-10-8-13(9-11-21)17(22)20-15-4-5-15/h2-3,6-7,12-13,15H,4-5,8-11H2,1H3,(H,20,22). The lowest BCUT2D eigenvalue weighted by Crippen LogP contribution is -2.47. The molecule has 0 bridgehead atoms. The fourth-order valence-corrected chi connectivity index (χ4v) is 3.20. The molecule has 1 aromatic rings. The molecule has 6 heteroatoms. The molecular weight excluding hydrogens is 372 g/mol. The molecule has 3 rings (SSSR count). The van der Waals surface area contributed by atoms with Gasteiger partial charge in [0.15, 0.2) is 6.10 Å². The monoisotopic (exact) mass is 394 g/mol. The van der Waals surface area contributed by atoms with E-state index >= 15 is 0 Å². The van der Waals surface area contributed by atoms with Crippen molar-refractivity contribution in [1.82, 2.24) is 10.2 Å². The minimum absolute atomic E-state index is 0.0148. The Bertz CT molecular complexity index is 593. The normalized spacial score (nSPS) is 19.7. The zero-order valence-electron chi connectivity index (χ0n) is 13.8. The maximum atomic E-state index is 12.5. The Morgan fingerprint density at radius 1 is 1.17 bits per heavy atom. The molecule has 1 saturated heterocycles. The summed E-state index contributed by atoms with van der Waals surface area (Å²) >= 11 is 3.38. The summed E-state index contributed by atoms with van der Waals surface area (Å²) in [6.45, 7) is 3.02. The van der Waals surface area contributed by atoms with Crippen molar-refractivity contribution in [2.75, 3.05) is 13.1 Å². The number of nitrogens with zero attached hydrogens (tertiary/aromatic N) is 1. The number of likely N-dealkylation sites (tertiary alicyclic amines) is 1. The number of halogens is 1. The third-order valence-electron chi connectivity index (χ3n) is 4.58. The summed E-state index contributed by atoms with van der Waals surface area (Å²) < 4.78 is 6.70. The van der Waals surface area contributed by atoms with E-state index in [0.29, 0.717) is 24.9 Å². The molecule has 0 radical (unpaired) electrons. The van der Waals surface area contributed by atoms with E-state index in [0.717, 1.165) is 30.2 Å². The van der Waals surface area contributed by atoms with Crippen LogP contribution in [0.2, 0.25) is 0 Å². The average molecular weight is 395 g/mol. The Labute approximate surface area is 150 Å². The van der Waals surface area contributed by atoms with Crippen LogP contribution in [0.4, 0.5) is 0 Å². The molecule has 2 aliphatic rings. The molecule has 1 N–H and O–H groups in total. The van der Waals surface area contributed by atoms with Crippen molar-refractivity contribution in [1.29, 1.82) is 0 Å². The van der Waals surface area contributed by atoms with E-state index in [1.807, 2.05) is 29.2 Å². The quantitative estimate of drug-likeness (QED) is 0.834. The molecule has 0 spiro atoms. The van der Waals surface area contributed by atoms with Gasteiger partial charge in [0.05, 0.1) is 0 Å². The summed E-state index contributed by atoms with van der Waals surface area (Å²) in [6, 6.07) is 7.84. The van der Waals surface area contributed by atoms with Crippen molar-refractivity contribution in [3.8, 4) is 5.75 Å². The Balaban J connectivity index is 1.47. The number of carbonyl (C=O) groups is 2. The van der Waals surface area contributed by atoms with Gasteiger partial charge in [-0.1, -0.05) is 15.9 Å². The molecule has 1 aliphatic heterocycles. The van der Waals surface area contributed by atoms with Crippen molar-refractivity contribution in [2.24, 2.45) is 5.92 Å². The largest absolute Gasteiger partial charge is 0.481 e. The highest BCUT2D eigenvalue weighted by Crippen LogP contribution is 2.23. The van der Waals surface area contributed by atoms with Gasteiger partial charge >= 0.3 is 0 Å². The first-order valence-electron chi connectivity index (χ1n) is 8.54. The molecule has 1 saturated carbocycles. The van der Waals surface area contributed by atoms with Gasteiger partial charge in [-0.25, -0.2) is 0 Å². The van der Waals surface area contributed by atoms with Crippen molar-refractivity contribution in [3.05, 3.63) is 28.7 Å². The lowest BCUT2D eigenvalue weighted by atomic mass is 9.95. The number of hydrogen-bond acceptors (Lipinski definition) is 3. The Morgan fingerprint density at radius 3 is 2.38 bits per heavy atom. The highest BCUT2D eigenvalue weighted by atomic mass is 79.9. The van der Waals surface area contributed by atoms with Crippen LogP contribution in [-0.2, 0) is 9.59 Å². The molecule has 0 aromatic heterocycles. The van der Waals surface area contributed by atoms with Crippen molar-refractivity contribution < 1.29 is 14.3 Å². The van der Waals surface area contributed by atoms with Gasteiger partial charge in [-0.05, 0) is 56.9 Å². The molecule has 1 aliphatic carbocycles. The maximum absolute atomic E-state index is 12.5. The van der Waals surface area contributed by atoms with Crippen molar-refractivity contribution >= 4 is 27.7 Å². The van der Waals surface area contributed by atoms with E-state index in [9.17, 15) is 9.59 Å². The van der Waals surface area contributed by atoms with Crippen LogP contribution in [0.25, 0.3) is 0 Å². The van der Waals surface area contributed by atoms with Gasteiger partial charge < -0.3 is 15.0 Å². The number of benzene rings is 1. The summed E-state index contributed by atoms with van der Waals surface area (Å²) in [7, 11) is 0. The van der Waals surface area contributed by atoms with Crippen LogP contribution >= 0.6 is 15.9 Å². The second-order valence-electron chi connectivity index (χ2n) is 6.60.